The fourth-order valence-electron chi connectivity index (χ4n) is 2.05. The number of halogens is 1. The second-order valence-corrected chi connectivity index (χ2v) is 7.52. The molecule has 0 saturated heterocycles. The monoisotopic (exact) mass is 399 g/mol. The Kier molecular flexibility index (Phi) is 5.38. The molecule has 0 heterocycles. The Morgan fingerprint density at radius 2 is 1.88 bits per heavy atom. The second-order valence-electron chi connectivity index (χ2n) is 5.40. The summed E-state index contributed by atoms with van der Waals surface area (Å²) in [4.78, 5) is 23.0. The lowest BCUT2D eigenvalue weighted by atomic mass is 10.1. The van der Waals surface area contributed by atoms with Crippen LogP contribution in [0.5, 0.6) is 5.75 Å². The third-order valence-electron chi connectivity index (χ3n) is 3.32. The standard InChI is InChI=1S/C15H14ClN3O6S/c1-18(2)15(21)11-5-3-9(16)7-12(11)17-26(24,25)10-4-6-14(20)13(8-10)19(22)23/h3-8,17,20H,1-2H3. The fourth-order valence-corrected chi connectivity index (χ4v) is 3.31. The van der Waals surface area contributed by atoms with Gasteiger partial charge in [0.15, 0.2) is 5.75 Å². The maximum absolute atomic E-state index is 12.6. The van der Waals surface area contributed by atoms with Gasteiger partial charge < -0.3 is 10.0 Å². The van der Waals surface area contributed by atoms with Gasteiger partial charge in [0, 0.05) is 25.2 Å². The van der Waals surface area contributed by atoms with E-state index in [4.69, 9.17) is 11.6 Å². The number of nitro groups is 1. The molecule has 0 bridgehead atoms. The number of benzene rings is 2. The minimum Gasteiger partial charge on any atom is -0.502 e. The van der Waals surface area contributed by atoms with E-state index in [-0.39, 0.29) is 16.3 Å². The second kappa shape index (κ2) is 7.18. The van der Waals surface area contributed by atoms with Crippen molar-refractivity contribution < 1.29 is 23.2 Å². The third-order valence-corrected chi connectivity index (χ3v) is 4.91. The normalized spacial score (nSPS) is 11.0. The lowest BCUT2D eigenvalue weighted by Gasteiger charge is -2.16. The number of carbonyl (C=O) groups excluding carboxylic acids is 1. The Hall–Kier alpha value is -2.85. The molecule has 1 amide bonds. The molecule has 2 aromatic carbocycles. The Bertz CT molecular complexity index is 991. The zero-order valence-corrected chi connectivity index (χ0v) is 15.2. The van der Waals surface area contributed by atoms with Crippen LogP contribution >= 0.6 is 11.6 Å². The molecule has 2 rings (SSSR count). The van der Waals surface area contributed by atoms with Crippen LogP contribution in [0.2, 0.25) is 5.02 Å². The van der Waals surface area contributed by atoms with Gasteiger partial charge in [0.05, 0.1) is 21.1 Å². The highest BCUT2D eigenvalue weighted by Crippen LogP contribution is 2.30. The summed E-state index contributed by atoms with van der Waals surface area (Å²) in [5.41, 5.74) is -0.785. The minimum atomic E-state index is -4.28. The number of phenols is 1. The van der Waals surface area contributed by atoms with E-state index in [0.717, 1.165) is 18.2 Å². The van der Waals surface area contributed by atoms with Crippen molar-refractivity contribution in [2.45, 2.75) is 4.90 Å². The number of hydrogen-bond acceptors (Lipinski definition) is 6. The van der Waals surface area contributed by atoms with Crippen molar-refractivity contribution in [3.63, 3.8) is 0 Å². The smallest absolute Gasteiger partial charge is 0.312 e. The van der Waals surface area contributed by atoms with Gasteiger partial charge >= 0.3 is 5.69 Å². The maximum atomic E-state index is 12.6. The molecular weight excluding hydrogens is 386 g/mol. The van der Waals surface area contributed by atoms with E-state index in [0.29, 0.717) is 0 Å². The first-order valence-corrected chi connectivity index (χ1v) is 8.90. The summed E-state index contributed by atoms with van der Waals surface area (Å²) in [6, 6.07) is 6.67. The maximum Gasteiger partial charge on any atom is 0.312 e. The van der Waals surface area contributed by atoms with Crippen LogP contribution in [-0.4, -0.2) is 43.4 Å². The summed E-state index contributed by atoms with van der Waals surface area (Å²) in [6.45, 7) is 0. The number of anilines is 1. The van der Waals surface area contributed by atoms with Crippen molar-refractivity contribution in [1.29, 1.82) is 0 Å². The van der Waals surface area contributed by atoms with Crippen molar-refractivity contribution in [3.8, 4) is 5.75 Å². The van der Waals surface area contributed by atoms with E-state index < -0.39 is 37.2 Å². The summed E-state index contributed by atoms with van der Waals surface area (Å²) in [5.74, 6) is -1.13. The lowest BCUT2D eigenvalue weighted by Crippen LogP contribution is -2.24. The average Bonchev–Trinajstić information content (AvgIpc) is 2.53. The molecule has 9 nitrogen and oxygen atoms in total. The topological polar surface area (TPSA) is 130 Å². The number of nitrogens with one attached hydrogen (secondary N) is 1. The minimum absolute atomic E-state index is 0.0521. The highest BCUT2D eigenvalue weighted by molar-refractivity contribution is 7.92. The zero-order valence-electron chi connectivity index (χ0n) is 13.6. The largest absolute Gasteiger partial charge is 0.502 e. The van der Waals surface area contributed by atoms with Gasteiger partial charge in [0.1, 0.15) is 0 Å². The molecule has 0 aliphatic carbocycles. The van der Waals surface area contributed by atoms with E-state index in [1.807, 2.05) is 0 Å². The van der Waals surface area contributed by atoms with Crippen LogP contribution in [0.15, 0.2) is 41.3 Å². The molecule has 0 aliphatic rings. The number of nitro benzene ring substituents is 1. The number of carbonyl (C=O) groups is 1. The van der Waals surface area contributed by atoms with Crippen LogP contribution in [0, 0.1) is 10.1 Å². The number of rotatable bonds is 5. The summed E-state index contributed by atoms with van der Waals surface area (Å²) < 4.78 is 27.3. The number of nitrogens with zero attached hydrogens (tertiary/aromatic N) is 2. The first-order valence-electron chi connectivity index (χ1n) is 7.04. The third kappa shape index (κ3) is 4.03. The molecule has 0 unspecified atom stereocenters. The molecular formula is C15H14ClN3O6S. The summed E-state index contributed by atoms with van der Waals surface area (Å²) in [7, 11) is -1.28. The molecule has 2 aromatic rings. The number of aromatic hydroxyl groups is 1. The molecule has 138 valence electrons. The SMILES string of the molecule is CN(C)C(=O)c1ccc(Cl)cc1NS(=O)(=O)c1ccc(O)c([N+](=O)[O-])c1. The molecule has 26 heavy (non-hydrogen) atoms. The van der Waals surface area contributed by atoms with Gasteiger partial charge in [-0.2, -0.15) is 0 Å². The summed E-state index contributed by atoms with van der Waals surface area (Å²) in [5, 5.41) is 20.5. The van der Waals surface area contributed by atoms with Crippen LogP contribution in [0.1, 0.15) is 10.4 Å². The van der Waals surface area contributed by atoms with Crippen molar-refractivity contribution in [1.82, 2.24) is 4.90 Å². The number of phenolic OH excluding ortho intramolecular Hbond substituents is 1. The molecule has 0 fully saturated rings. The van der Waals surface area contributed by atoms with Crippen LogP contribution in [0.4, 0.5) is 11.4 Å². The molecule has 11 heteroatoms. The molecule has 0 spiro atoms. The van der Waals surface area contributed by atoms with Gasteiger partial charge in [-0.3, -0.25) is 19.6 Å². The van der Waals surface area contributed by atoms with Crippen molar-refractivity contribution in [2.75, 3.05) is 18.8 Å². The van der Waals surface area contributed by atoms with Crippen LogP contribution in [0.3, 0.4) is 0 Å². The summed E-state index contributed by atoms with van der Waals surface area (Å²) >= 11 is 5.88. The quantitative estimate of drug-likeness (QED) is 0.586. The van der Waals surface area contributed by atoms with Gasteiger partial charge in [-0.1, -0.05) is 11.6 Å². The highest BCUT2D eigenvalue weighted by Gasteiger charge is 2.23. The van der Waals surface area contributed by atoms with Crippen molar-refractivity contribution >= 4 is 38.9 Å². The Balaban J connectivity index is 2.51. The Morgan fingerprint density at radius 1 is 1.23 bits per heavy atom. The molecule has 0 aromatic heterocycles. The first kappa shape index (κ1) is 19.5. The van der Waals surface area contributed by atoms with Gasteiger partial charge in [-0.15, -0.1) is 0 Å². The number of sulfonamides is 1. The molecule has 0 radical (unpaired) electrons. The van der Waals surface area contributed by atoms with Gasteiger partial charge in [-0.05, 0) is 30.3 Å². The van der Waals surface area contributed by atoms with E-state index >= 15 is 0 Å². The first-order chi connectivity index (χ1) is 12.0. The van der Waals surface area contributed by atoms with Crippen molar-refractivity contribution in [2.24, 2.45) is 0 Å². The number of hydrogen-bond donors (Lipinski definition) is 2. The van der Waals surface area contributed by atoms with Crippen molar-refractivity contribution in [3.05, 3.63) is 57.1 Å². The summed E-state index contributed by atoms with van der Waals surface area (Å²) in [6.07, 6.45) is 0. The van der Waals surface area contributed by atoms with Crippen LogP contribution in [-0.2, 0) is 10.0 Å². The predicted molar refractivity (Wildman–Crippen MR) is 95.0 cm³/mol. The predicted octanol–water partition coefficient (Wildman–Crippen LogP) is 2.46. The van der Waals surface area contributed by atoms with E-state index in [1.165, 1.54) is 37.2 Å². The van der Waals surface area contributed by atoms with Gasteiger partial charge in [0.2, 0.25) is 0 Å². The van der Waals surface area contributed by atoms with Crippen LogP contribution < -0.4 is 4.72 Å². The fraction of sp³-hybridized carbons (Fsp3) is 0.133. The van der Waals surface area contributed by atoms with Gasteiger partial charge in [0.25, 0.3) is 15.9 Å². The number of amides is 1. The van der Waals surface area contributed by atoms with E-state index in [1.54, 1.807) is 0 Å². The molecule has 2 N–H and O–H groups in total. The molecule has 0 saturated carbocycles. The lowest BCUT2D eigenvalue weighted by molar-refractivity contribution is -0.386. The molecule has 0 aliphatic heterocycles. The van der Waals surface area contributed by atoms with Gasteiger partial charge in [-0.25, -0.2) is 8.42 Å². The van der Waals surface area contributed by atoms with E-state index in [9.17, 15) is 28.4 Å². The average molecular weight is 400 g/mol. The van der Waals surface area contributed by atoms with E-state index in [2.05, 4.69) is 4.72 Å². The highest BCUT2D eigenvalue weighted by atomic mass is 35.5. The Morgan fingerprint density at radius 3 is 2.46 bits per heavy atom. The molecule has 0 atom stereocenters. The van der Waals surface area contributed by atoms with Crippen LogP contribution in [0.25, 0.3) is 0 Å². The zero-order chi connectivity index (χ0) is 19.6. The Labute approximate surface area is 154 Å².